The molecule has 2 rings (SSSR count). The zero-order valence-electron chi connectivity index (χ0n) is 26.3. The number of rotatable bonds is 29. The van der Waals surface area contributed by atoms with Crippen LogP contribution < -0.4 is 0 Å². The van der Waals surface area contributed by atoms with Crippen LogP contribution in [0.5, 0.6) is 0 Å². The Balaban J connectivity index is 1.20. The van der Waals surface area contributed by atoms with Gasteiger partial charge in [-0.3, -0.25) is 0 Å². The third-order valence-electron chi connectivity index (χ3n) is 8.96. The highest BCUT2D eigenvalue weighted by Gasteiger charge is 2.36. The molecule has 0 aromatic rings. The summed E-state index contributed by atoms with van der Waals surface area (Å²) < 4.78 is 11.1. The SMILES string of the molecule is CCCCCCCCCCCCCC[C@@H]1O[C@@H]1CCCCCCCCCCCCCCCC1=C[C@H](C)OC1=O. The lowest BCUT2D eigenvalue weighted by Crippen LogP contribution is -2.03. The van der Waals surface area contributed by atoms with E-state index in [0.717, 1.165) is 18.4 Å². The van der Waals surface area contributed by atoms with Gasteiger partial charge in [0.1, 0.15) is 6.10 Å². The second-order valence-corrected chi connectivity index (χ2v) is 12.8. The van der Waals surface area contributed by atoms with E-state index >= 15 is 0 Å². The molecule has 228 valence electrons. The number of epoxide rings is 1. The second-order valence-electron chi connectivity index (χ2n) is 12.8. The molecule has 3 atom stereocenters. The molecule has 2 aliphatic heterocycles. The highest BCUT2D eigenvalue weighted by atomic mass is 16.6. The van der Waals surface area contributed by atoms with Crippen molar-refractivity contribution in [3.8, 4) is 0 Å². The summed E-state index contributed by atoms with van der Waals surface area (Å²) in [7, 11) is 0. The van der Waals surface area contributed by atoms with Crippen molar-refractivity contribution < 1.29 is 14.3 Å². The molecule has 2 aliphatic rings. The smallest absolute Gasteiger partial charge is 0.334 e. The predicted octanol–water partition coefficient (Wildman–Crippen LogP) is 11.6. The van der Waals surface area contributed by atoms with Gasteiger partial charge < -0.3 is 9.47 Å². The van der Waals surface area contributed by atoms with Gasteiger partial charge in [0.15, 0.2) is 0 Å². The van der Waals surface area contributed by atoms with E-state index in [0.29, 0.717) is 12.2 Å². The van der Waals surface area contributed by atoms with Gasteiger partial charge in [0.05, 0.1) is 12.2 Å². The Morgan fingerprint density at radius 3 is 1.26 bits per heavy atom. The van der Waals surface area contributed by atoms with Gasteiger partial charge in [-0.25, -0.2) is 4.79 Å². The highest BCUT2D eigenvalue weighted by molar-refractivity contribution is 5.90. The van der Waals surface area contributed by atoms with Crippen molar-refractivity contribution in [1.29, 1.82) is 0 Å². The number of hydrogen-bond donors (Lipinski definition) is 0. The largest absolute Gasteiger partial charge is 0.455 e. The molecule has 0 unspecified atom stereocenters. The lowest BCUT2D eigenvalue weighted by molar-refractivity contribution is -0.139. The lowest BCUT2D eigenvalue weighted by atomic mass is 10.0. The monoisotopic (exact) mass is 547 g/mol. The van der Waals surface area contributed by atoms with Crippen LogP contribution in [0.4, 0.5) is 0 Å². The standard InChI is InChI=1S/C36H66O3/c1-3-4-5-6-7-8-9-14-17-20-23-26-29-34-35(39-34)30-27-24-21-18-15-12-10-11-13-16-19-22-25-28-33-31-32(2)38-36(33)37/h31-32,34-35H,3-30H2,1-2H3/t32-,34-,35+/m0/s1. The summed E-state index contributed by atoms with van der Waals surface area (Å²) in [5.74, 6) is -0.0895. The maximum atomic E-state index is 11.6. The lowest BCUT2D eigenvalue weighted by Gasteiger charge is -2.04. The van der Waals surface area contributed by atoms with Crippen molar-refractivity contribution in [2.24, 2.45) is 0 Å². The minimum atomic E-state index is -0.0895. The van der Waals surface area contributed by atoms with Crippen molar-refractivity contribution in [3.63, 3.8) is 0 Å². The molecular weight excluding hydrogens is 480 g/mol. The van der Waals surface area contributed by atoms with E-state index in [1.807, 2.05) is 13.0 Å². The van der Waals surface area contributed by atoms with Crippen LogP contribution in [0.2, 0.25) is 0 Å². The van der Waals surface area contributed by atoms with Crippen LogP contribution in [0, 0.1) is 0 Å². The molecular formula is C36H66O3. The normalized spacial score (nSPS) is 20.4. The van der Waals surface area contributed by atoms with Crippen molar-refractivity contribution in [3.05, 3.63) is 11.6 Å². The molecule has 3 heteroatoms. The molecule has 0 amide bonds. The molecule has 0 N–H and O–H groups in total. The van der Waals surface area contributed by atoms with Gasteiger partial charge in [-0.1, -0.05) is 161 Å². The van der Waals surface area contributed by atoms with E-state index in [9.17, 15) is 4.79 Å². The van der Waals surface area contributed by atoms with Crippen LogP contribution in [0.3, 0.4) is 0 Å². The molecule has 0 aromatic carbocycles. The van der Waals surface area contributed by atoms with Crippen LogP contribution in [-0.4, -0.2) is 24.3 Å². The second kappa shape index (κ2) is 23.8. The fraction of sp³-hybridized carbons (Fsp3) is 0.917. The van der Waals surface area contributed by atoms with Crippen LogP contribution in [0.25, 0.3) is 0 Å². The molecule has 39 heavy (non-hydrogen) atoms. The first-order chi connectivity index (χ1) is 19.2. The number of ether oxygens (including phenoxy) is 2. The minimum Gasteiger partial charge on any atom is -0.455 e. The topological polar surface area (TPSA) is 38.8 Å². The fourth-order valence-electron chi connectivity index (χ4n) is 6.29. The molecule has 0 radical (unpaired) electrons. The highest BCUT2D eigenvalue weighted by Crippen LogP contribution is 2.32. The first-order valence-corrected chi connectivity index (χ1v) is 17.8. The Morgan fingerprint density at radius 2 is 0.897 bits per heavy atom. The summed E-state index contributed by atoms with van der Waals surface area (Å²) in [5.41, 5.74) is 0.901. The summed E-state index contributed by atoms with van der Waals surface area (Å²) in [6, 6.07) is 0. The van der Waals surface area contributed by atoms with Gasteiger partial charge in [-0.05, 0) is 38.7 Å². The van der Waals surface area contributed by atoms with Crippen molar-refractivity contribution in [2.75, 3.05) is 0 Å². The van der Waals surface area contributed by atoms with Gasteiger partial charge in [-0.15, -0.1) is 0 Å². The maximum Gasteiger partial charge on any atom is 0.334 e. The fourth-order valence-corrected chi connectivity index (χ4v) is 6.29. The molecule has 0 bridgehead atoms. The van der Waals surface area contributed by atoms with Crippen molar-refractivity contribution in [1.82, 2.24) is 0 Å². The summed E-state index contributed by atoms with van der Waals surface area (Å²) in [6.45, 7) is 4.23. The Hall–Kier alpha value is -0.830. The van der Waals surface area contributed by atoms with Crippen molar-refractivity contribution in [2.45, 2.75) is 212 Å². The quantitative estimate of drug-likeness (QED) is 0.0532. The third-order valence-corrected chi connectivity index (χ3v) is 8.96. The van der Waals surface area contributed by atoms with Gasteiger partial charge in [0.25, 0.3) is 0 Å². The molecule has 1 fully saturated rings. The first-order valence-electron chi connectivity index (χ1n) is 17.8. The Bertz CT molecular complexity index is 612. The van der Waals surface area contributed by atoms with Crippen LogP contribution in [-0.2, 0) is 14.3 Å². The molecule has 3 nitrogen and oxygen atoms in total. The van der Waals surface area contributed by atoms with E-state index in [1.165, 1.54) is 167 Å². The Labute approximate surface area is 243 Å². The van der Waals surface area contributed by atoms with E-state index in [4.69, 9.17) is 9.47 Å². The van der Waals surface area contributed by atoms with Gasteiger partial charge >= 0.3 is 5.97 Å². The Morgan fingerprint density at radius 1 is 0.538 bits per heavy atom. The van der Waals surface area contributed by atoms with E-state index in [1.54, 1.807) is 0 Å². The average molecular weight is 547 g/mol. The molecule has 2 heterocycles. The van der Waals surface area contributed by atoms with Gasteiger partial charge in [-0.2, -0.15) is 0 Å². The Kier molecular flexibility index (Phi) is 21.0. The molecule has 0 aliphatic carbocycles. The van der Waals surface area contributed by atoms with E-state index < -0.39 is 0 Å². The molecule has 0 spiro atoms. The number of esters is 1. The number of cyclic esters (lactones) is 1. The number of hydrogen-bond acceptors (Lipinski definition) is 3. The average Bonchev–Trinajstić information content (AvgIpc) is 3.59. The zero-order chi connectivity index (χ0) is 27.8. The number of carbonyl (C=O) groups is 1. The molecule has 0 aromatic heterocycles. The summed E-state index contributed by atoms with van der Waals surface area (Å²) >= 11 is 0. The summed E-state index contributed by atoms with van der Waals surface area (Å²) in [6.07, 6.45) is 41.6. The predicted molar refractivity (Wildman–Crippen MR) is 167 cm³/mol. The summed E-state index contributed by atoms with van der Waals surface area (Å²) in [4.78, 5) is 11.6. The first kappa shape index (κ1) is 34.4. The number of unbranched alkanes of at least 4 members (excludes halogenated alkanes) is 23. The zero-order valence-corrected chi connectivity index (χ0v) is 26.3. The van der Waals surface area contributed by atoms with Gasteiger partial charge in [0.2, 0.25) is 0 Å². The maximum absolute atomic E-state index is 11.6. The van der Waals surface area contributed by atoms with Crippen LogP contribution >= 0.6 is 0 Å². The third kappa shape index (κ3) is 19.0. The van der Waals surface area contributed by atoms with Crippen LogP contribution in [0.1, 0.15) is 194 Å². The number of carbonyl (C=O) groups excluding carboxylic acids is 1. The molecule has 0 saturated carbocycles. The molecule has 1 saturated heterocycles. The van der Waals surface area contributed by atoms with Gasteiger partial charge in [0, 0.05) is 5.57 Å². The summed E-state index contributed by atoms with van der Waals surface area (Å²) in [5, 5.41) is 0. The van der Waals surface area contributed by atoms with E-state index in [-0.39, 0.29) is 12.1 Å². The van der Waals surface area contributed by atoms with Crippen molar-refractivity contribution >= 4 is 5.97 Å². The van der Waals surface area contributed by atoms with Crippen LogP contribution in [0.15, 0.2) is 11.6 Å². The van der Waals surface area contributed by atoms with E-state index in [2.05, 4.69) is 6.92 Å². The minimum absolute atomic E-state index is 0.0174.